The number of amides is 6. The van der Waals surface area contributed by atoms with Gasteiger partial charge in [0.05, 0.1) is 62.1 Å². The lowest BCUT2D eigenvalue weighted by molar-refractivity contribution is -0.385. The summed E-state index contributed by atoms with van der Waals surface area (Å²) in [4.78, 5) is 174. The number of nitro groups is 2. The van der Waals surface area contributed by atoms with Crippen molar-refractivity contribution < 1.29 is 110 Å². The number of nitro benzene ring substituents is 2. The molecule has 2 heterocycles. The molecule has 2 unspecified atom stereocenters. The quantitative estimate of drug-likeness (QED) is 0.00688. The first kappa shape index (κ1) is 97.5. The van der Waals surface area contributed by atoms with Crippen molar-refractivity contribution in [3.05, 3.63) is 169 Å². The number of hydrogen-bond donors (Lipinski definition) is 9. The zero-order chi connectivity index (χ0) is 81.9. The highest BCUT2D eigenvalue weighted by molar-refractivity contribution is 9.08. The molecule has 0 bridgehead atoms. The lowest BCUT2D eigenvalue weighted by Crippen LogP contribution is -2.65. The van der Waals surface area contributed by atoms with E-state index in [0.29, 0.717) is 34.3 Å². The van der Waals surface area contributed by atoms with Crippen LogP contribution >= 0.6 is 28.3 Å². The molecule has 0 aliphatic carbocycles. The fraction of sp³-hybridized carbons (Fsp3) is 0.403. The maximum absolute atomic E-state index is 12.5. The van der Waals surface area contributed by atoms with Gasteiger partial charge in [0.15, 0.2) is 0 Å². The number of nitrogens with two attached hydrogens (primary N) is 2. The molecule has 0 fully saturated rings. The van der Waals surface area contributed by atoms with Gasteiger partial charge in [-0.05, 0) is 89.8 Å². The number of nitrogens with zero attached hydrogens (tertiary/aromatic N) is 2. The van der Waals surface area contributed by atoms with Crippen LogP contribution in [0, 0.1) is 20.2 Å². The van der Waals surface area contributed by atoms with Crippen LogP contribution in [0.2, 0.25) is 0 Å². The van der Waals surface area contributed by atoms with Crippen LogP contribution in [0.25, 0.3) is 0 Å². The van der Waals surface area contributed by atoms with Crippen molar-refractivity contribution in [1.82, 2.24) is 21.3 Å². The van der Waals surface area contributed by atoms with E-state index in [1.54, 1.807) is 101 Å². The second kappa shape index (κ2) is 50.1. The second-order valence-corrected chi connectivity index (χ2v) is 22.8. The average Bonchev–Trinajstić information content (AvgIpc) is 0.803. The minimum atomic E-state index is -2.20. The topological polar surface area (TPSA) is 517 Å². The Hall–Kier alpha value is -11.5. The molecule has 35 nitrogen and oxygen atoms in total. The standard InChI is InChI=1S/C16H20N2O7.C16H22N2O5.C14H16N2O4.C9H10N2O.C9H15NO5.C7H6BrNO2.CH4O.ClH/c1-4-24-14(20)16(17-11(3)19,15(21)25-5-2)10-12-8-6-7-9-13(12)18(22)23;1-4-22-14(20)16(18-11(3)19,15(21)23-5-2)10-12-8-6-7-9-13(12)17;1-3-20-13(19)14(16-9(2)17)8-10-6-4-5-7-11(10)15-12(14)18;10-7-5-6-3-1-2-4-8(6)11-9(7)12;1-4-14-8(12)7(10-6(3)11)9(13)15-5-2;8-5-6-3-1-2-4-7(6)9(10)11;1-2;/h6-9H,4-5,10H2,1-3H3,(H,17,19);6-9H,4-5,10,17H2,1-3H3,(H,18,19);4-7H,3,8H2,1-2H3,(H,15,18)(H,16,17);1-4,7H,5,10H2,(H,11,12);7H,4-5H2,1-3H3,(H,10,11);1-4H,5H2;2H,1H3;1H. The molecule has 2 atom stereocenters. The van der Waals surface area contributed by atoms with Crippen LogP contribution in [-0.2, 0) is 127 Å². The van der Waals surface area contributed by atoms with Gasteiger partial charge < -0.3 is 81.6 Å². The Balaban J connectivity index is 0.00000130. The first-order valence-corrected chi connectivity index (χ1v) is 34.5. The summed E-state index contributed by atoms with van der Waals surface area (Å²) in [5, 5.41) is 43.7. The molecule has 0 spiro atoms. The Kier molecular flexibility index (Phi) is 44.8. The molecule has 0 saturated heterocycles. The zero-order valence-electron chi connectivity index (χ0n) is 62.3. The van der Waals surface area contributed by atoms with Gasteiger partial charge in [-0.25, -0.2) is 33.6 Å². The van der Waals surface area contributed by atoms with E-state index in [1.807, 2.05) is 24.3 Å². The summed E-state index contributed by atoms with van der Waals surface area (Å²) < 4.78 is 34.0. The molecule has 0 aromatic heterocycles. The molecule has 0 saturated carbocycles. The predicted molar refractivity (Wildman–Crippen MR) is 402 cm³/mol. The van der Waals surface area contributed by atoms with Crippen molar-refractivity contribution in [3.8, 4) is 0 Å². The van der Waals surface area contributed by atoms with E-state index in [1.165, 1.54) is 65.0 Å². The third-order valence-electron chi connectivity index (χ3n) is 14.3. The van der Waals surface area contributed by atoms with Gasteiger partial charge in [-0.1, -0.05) is 107 Å². The largest absolute Gasteiger partial charge is 0.464 e. The number of carbonyl (C=O) groups is 13. The van der Waals surface area contributed by atoms with E-state index >= 15 is 0 Å². The van der Waals surface area contributed by atoms with Crippen LogP contribution in [0.4, 0.5) is 28.4 Å². The molecule has 7 rings (SSSR count). The number of hydrogen-bond acceptors (Lipinski definition) is 27. The molecule has 2 aliphatic rings. The summed E-state index contributed by atoms with van der Waals surface area (Å²) in [5.41, 5.74) is 10.6. The van der Waals surface area contributed by atoms with Crippen LogP contribution in [0.15, 0.2) is 121 Å². The Bertz CT molecular complexity index is 3890. The summed E-state index contributed by atoms with van der Waals surface area (Å²) in [6, 6.07) is 32.1. The third kappa shape index (κ3) is 30.4. The highest BCUT2D eigenvalue weighted by Crippen LogP contribution is 2.31. The summed E-state index contributed by atoms with van der Waals surface area (Å²) >= 11 is 3.17. The van der Waals surface area contributed by atoms with Crippen molar-refractivity contribution in [2.24, 2.45) is 5.73 Å². The number of esters is 7. The first-order valence-electron chi connectivity index (χ1n) is 33.3. The second-order valence-electron chi connectivity index (χ2n) is 22.2. The van der Waals surface area contributed by atoms with Gasteiger partial charge in [0.2, 0.25) is 52.2 Å². The zero-order valence-corrected chi connectivity index (χ0v) is 64.7. The molecule has 2 aliphatic heterocycles. The van der Waals surface area contributed by atoms with E-state index in [4.69, 9.17) is 40.3 Å². The van der Waals surface area contributed by atoms with Crippen LogP contribution < -0.4 is 43.4 Å². The third-order valence-corrected chi connectivity index (χ3v) is 14.9. The SMILES string of the molecule is CCOC(=O)C(Cc1ccccc1N)(NC(C)=O)C(=O)OCC.CCOC(=O)C(Cc1ccccc1[N+](=O)[O-])(NC(C)=O)C(=O)OCC.CCOC(=O)C(NC(C)=O)C(=O)OCC.CCOC(=O)C1(NC(C)=O)Cc2ccccc2NC1=O.CO.Cl.NC1Cc2ccccc2NC1=O.O=[N+]([O-])c1ccccc1CBr. The van der Waals surface area contributed by atoms with Crippen LogP contribution in [-0.4, -0.2) is 174 Å². The first-order chi connectivity index (χ1) is 51.2. The number of aliphatic hydroxyl groups excluding tert-OH is 1. The number of anilines is 3. The minimum absolute atomic E-state index is 0. The Morgan fingerprint density at radius 1 is 0.532 bits per heavy atom. The van der Waals surface area contributed by atoms with E-state index in [0.717, 1.165) is 30.8 Å². The lowest BCUT2D eigenvalue weighted by atomic mass is 9.85. The Morgan fingerprint density at radius 3 is 1.28 bits per heavy atom. The monoisotopic (exact) mass is 1610 g/mol. The van der Waals surface area contributed by atoms with Gasteiger partial charge in [-0.3, -0.25) is 49.0 Å². The maximum atomic E-state index is 12.5. The molecule has 5 aromatic rings. The summed E-state index contributed by atoms with van der Waals surface area (Å²) in [6.07, 6.45) is 0.0910. The number of fused-ring (bicyclic) bond motifs is 2. The lowest BCUT2D eigenvalue weighted by Gasteiger charge is -2.35. The highest BCUT2D eigenvalue weighted by Gasteiger charge is 2.53. The van der Waals surface area contributed by atoms with E-state index in [9.17, 15) is 82.6 Å². The summed E-state index contributed by atoms with van der Waals surface area (Å²) in [5.74, 6) is -9.08. The van der Waals surface area contributed by atoms with Crippen LogP contribution in [0.1, 0.15) is 104 Å². The average molecular weight is 1610 g/mol. The number of nitrogen functional groups attached to an aromatic ring is 1. The van der Waals surface area contributed by atoms with Crippen molar-refractivity contribution in [3.63, 3.8) is 0 Å². The van der Waals surface area contributed by atoms with Gasteiger partial charge in [0, 0.05) is 99.7 Å². The molecule has 6 amide bonds. The number of rotatable bonds is 25. The number of aliphatic hydroxyl groups is 1. The molecule has 37 heteroatoms. The summed E-state index contributed by atoms with van der Waals surface area (Å²) in [6.45, 7) is 16.4. The number of halogens is 2. The molecule has 0 radical (unpaired) electrons. The normalized spacial score (nSPS) is 13.2. The maximum Gasteiger partial charge on any atom is 0.344 e. The van der Waals surface area contributed by atoms with E-state index in [-0.39, 0.29) is 105 Å². The number of ether oxygens (including phenoxy) is 7. The smallest absolute Gasteiger partial charge is 0.344 e. The van der Waals surface area contributed by atoms with Gasteiger partial charge >= 0.3 is 41.8 Å². The van der Waals surface area contributed by atoms with E-state index in [2.05, 4.69) is 57.3 Å². The van der Waals surface area contributed by atoms with Crippen molar-refractivity contribution in [1.29, 1.82) is 0 Å². The fourth-order valence-corrected chi connectivity index (χ4v) is 10.3. The highest BCUT2D eigenvalue weighted by atomic mass is 79.9. The Labute approximate surface area is 643 Å². The Morgan fingerprint density at radius 2 is 0.899 bits per heavy atom. The van der Waals surface area contributed by atoms with Gasteiger partial charge in [0.1, 0.15) is 0 Å². The van der Waals surface area contributed by atoms with E-state index < -0.39 is 105 Å². The summed E-state index contributed by atoms with van der Waals surface area (Å²) in [7, 11) is 1.00. The molecule has 5 aromatic carbocycles. The van der Waals surface area contributed by atoms with Gasteiger partial charge in [0.25, 0.3) is 17.3 Å². The number of nitrogens with one attached hydrogen (secondary N) is 6. The van der Waals surface area contributed by atoms with Crippen LogP contribution in [0.5, 0.6) is 0 Å². The van der Waals surface area contributed by atoms with Gasteiger partial charge in [-0.2, -0.15) is 0 Å². The predicted octanol–water partition coefficient (Wildman–Crippen LogP) is 5.22. The molecule has 11 N–H and O–H groups in total. The number of alkyl halides is 1. The van der Waals surface area contributed by atoms with Gasteiger partial charge in [-0.15, -0.1) is 12.4 Å². The minimum Gasteiger partial charge on any atom is -0.464 e. The molecule has 109 heavy (non-hydrogen) atoms. The van der Waals surface area contributed by atoms with Crippen LogP contribution in [0.3, 0.4) is 0 Å². The molecular weight excluding hydrogens is 1520 g/mol. The van der Waals surface area contributed by atoms with Crippen molar-refractivity contribution in [2.75, 3.05) is 69.7 Å². The van der Waals surface area contributed by atoms with Crippen molar-refractivity contribution in [2.45, 2.75) is 136 Å². The number of para-hydroxylation sites is 5. The van der Waals surface area contributed by atoms with Crippen molar-refractivity contribution >= 4 is 134 Å². The molecule has 596 valence electrons. The molecular formula is C72H94BrClN10O25. The fourth-order valence-electron chi connectivity index (χ4n) is 9.78. The number of carbonyl (C=O) groups excluding carboxylic acids is 13. The number of benzene rings is 5.